The molecule has 0 spiro atoms. The zero-order chi connectivity index (χ0) is 18.1. The first kappa shape index (κ1) is 18.2. The van der Waals surface area contributed by atoms with E-state index in [0.717, 1.165) is 16.7 Å². The Labute approximate surface area is 146 Å². The van der Waals surface area contributed by atoms with Crippen LogP contribution in [0.3, 0.4) is 0 Å². The molecule has 0 saturated heterocycles. The Bertz CT molecular complexity index is 765. The smallest absolute Gasteiger partial charge is 0.167 e. The highest BCUT2D eigenvalue weighted by atomic mass is 16.1. The van der Waals surface area contributed by atoms with Crippen molar-refractivity contribution in [2.45, 2.75) is 53.4 Å². The van der Waals surface area contributed by atoms with E-state index in [1.165, 1.54) is 16.7 Å². The third-order valence-electron chi connectivity index (χ3n) is 4.60. The molecule has 0 aliphatic heterocycles. The Morgan fingerprint density at radius 1 is 1.00 bits per heavy atom. The molecule has 2 rings (SSSR count). The number of carbonyl (C=O) groups excluding carboxylic acids is 1. The Morgan fingerprint density at radius 2 is 1.58 bits per heavy atom. The molecular formula is C23H28O. The van der Waals surface area contributed by atoms with Gasteiger partial charge in [0.2, 0.25) is 0 Å². The third kappa shape index (κ3) is 4.03. The maximum Gasteiger partial charge on any atom is 0.167 e. The van der Waals surface area contributed by atoms with Crippen molar-refractivity contribution >= 4 is 11.4 Å². The average molecular weight is 320 g/mol. The number of hydrogen-bond acceptors (Lipinski definition) is 1. The highest BCUT2D eigenvalue weighted by molar-refractivity contribution is 6.20. The molecule has 1 heteroatoms. The van der Waals surface area contributed by atoms with Crippen LogP contribution in [0, 0.1) is 20.8 Å². The van der Waals surface area contributed by atoms with Crippen molar-refractivity contribution < 1.29 is 4.79 Å². The topological polar surface area (TPSA) is 17.1 Å². The molecule has 0 saturated carbocycles. The number of hydrogen-bond donors (Lipinski definition) is 0. The molecule has 0 amide bonds. The number of benzene rings is 2. The van der Waals surface area contributed by atoms with E-state index in [4.69, 9.17) is 0 Å². The molecule has 1 nitrogen and oxygen atoms in total. The Morgan fingerprint density at radius 3 is 2.08 bits per heavy atom. The van der Waals surface area contributed by atoms with E-state index >= 15 is 0 Å². The first-order chi connectivity index (χ1) is 11.1. The van der Waals surface area contributed by atoms with Crippen molar-refractivity contribution in [2.75, 3.05) is 0 Å². The summed E-state index contributed by atoms with van der Waals surface area (Å²) in [4.78, 5) is 12.7. The normalized spacial score (nSPS) is 11.4. The molecule has 126 valence electrons. The highest BCUT2D eigenvalue weighted by Crippen LogP contribution is 2.28. The summed E-state index contributed by atoms with van der Waals surface area (Å²) in [5, 5.41) is 0. The van der Waals surface area contributed by atoms with Gasteiger partial charge in [-0.05, 0) is 54.0 Å². The van der Waals surface area contributed by atoms with Crippen molar-refractivity contribution in [3.8, 4) is 0 Å². The maximum atomic E-state index is 12.7. The summed E-state index contributed by atoms with van der Waals surface area (Å²) in [6, 6.07) is 12.4. The lowest BCUT2D eigenvalue weighted by molar-refractivity contribution is -0.113. The molecule has 0 fully saturated rings. The molecule has 0 unspecified atom stereocenters. The van der Waals surface area contributed by atoms with Crippen LogP contribution in [0.15, 0.2) is 43.0 Å². The quantitative estimate of drug-likeness (QED) is 0.657. The van der Waals surface area contributed by atoms with Gasteiger partial charge >= 0.3 is 0 Å². The van der Waals surface area contributed by atoms with E-state index in [9.17, 15) is 4.79 Å². The molecular weight excluding hydrogens is 292 g/mol. The number of ketones is 1. The summed E-state index contributed by atoms with van der Waals surface area (Å²) >= 11 is 0. The molecule has 0 radical (unpaired) electrons. The highest BCUT2D eigenvalue weighted by Gasteiger charge is 2.18. The molecule has 0 aliphatic rings. The van der Waals surface area contributed by atoms with Crippen LogP contribution in [-0.2, 0) is 16.6 Å². The van der Waals surface area contributed by atoms with Crippen LogP contribution < -0.4 is 0 Å². The van der Waals surface area contributed by atoms with Crippen LogP contribution in [0.4, 0.5) is 0 Å². The summed E-state index contributed by atoms with van der Waals surface area (Å²) in [6.45, 7) is 16.9. The lowest BCUT2D eigenvalue weighted by Crippen LogP contribution is -2.14. The monoisotopic (exact) mass is 320 g/mol. The second-order valence-electron chi connectivity index (χ2n) is 7.79. The SMILES string of the molecule is C=C(C(=O)Cc1c(C)cc(C(C)(C)C)cc1C)c1cccc(C)c1. The van der Waals surface area contributed by atoms with Crippen LogP contribution in [-0.4, -0.2) is 5.78 Å². The minimum atomic E-state index is 0.0929. The summed E-state index contributed by atoms with van der Waals surface area (Å²) < 4.78 is 0. The van der Waals surface area contributed by atoms with Crippen LogP contribution in [0.2, 0.25) is 0 Å². The predicted octanol–water partition coefficient (Wildman–Crippen LogP) is 5.73. The molecule has 0 atom stereocenters. The van der Waals surface area contributed by atoms with Crippen molar-refractivity contribution in [3.05, 3.63) is 76.4 Å². The van der Waals surface area contributed by atoms with E-state index in [-0.39, 0.29) is 11.2 Å². The van der Waals surface area contributed by atoms with E-state index in [0.29, 0.717) is 12.0 Å². The number of Topliss-reactive ketones (excluding diaryl/α,β-unsaturated/α-hetero) is 1. The van der Waals surface area contributed by atoms with Crippen molar-refractivity contribution in [2.24, 2.45) is 0 Å². The zero-order valence-corrected chi connectivity index (χ0v) is 15.8. The second-order valence-corrected chi connectivity index (χ2v) is 7.79. The van der Waals surface area contributed by atoms with Crippen molar-refractivity contribution in [1.29, 1.82) is 0 Å². The van der Waals surface area contributed by atoms with Crippen LogP contribution in [0.1, 0.15) is 54.2 Å². The van der Waals surface area contributed by atoms with E-state index in [1.807, 2.05) is 31.2 Å². The minimum absolute atomic E-state index is 0.0929. The third-order valence-corrected chi connectivity index (χ3v) is 4.60. The number of allylic oxidation sites excluding steroid dienone is 1. The van der Waals surface area contributed by atoms with Gasteiger partial charge in [0.05, 0.1) is 0 Å². The molecule has 0 aliphatic carbocycles. The van der Waals surface area contributed by atoms with Crippen molar-refractivity contribution in [3.63, 3.8) is 0 Å². The van der Waals surface area contributed by atoms with Gasteiger partial charge in [0.15, 0.2) is 5.78 Å². The molecule has 2 aromatic rings. The van der Waals surface area contributed by atoms with Gasteiger partial charge in [-0.3, -0.25) is 4.79 Å². The first-order valence-corrected chi connectivity index (χ1v) is 8.49. The van der Waals surface area contributed by atoms with Gasteiger partial charge in [-0.25, -0.2) is 0 Å². The van der Waals surface area contributed by atoms with Gasteiger partial charge < -0.3 is 0 Å². The molecule has 0 N–H and O–H groups in total. The minimum Gasteiger partial charge on any atom is -0.294 e. The predicted molar refractivity (Wildman–Crippen MR) is 104 cm³/mol. The van der Waals surface area contributed by atoms with Gasteiger partial charge in [0.25, 0.3) is 0 Å². The van der Waals surface area contributed by atoms with Gasteiger partial charge in [0.1, 0.15) is 0 Å². The molecule has 0 heterocycles. The van der Waals surface area contributed by atoms with Crippen LogP contribution in [0.25, 0.3) is 5.57 Å². The average Bonchev–Trinajstić information content (AvgIpc) is 2.48. The van der Waals surface area contributed by atoms with Crippen LogP contribution >= 0.6 is 0 Å². The molecule has 0 aromatic heterocycles. The van der Waals surface area contributed by atoms with E-state index in [1.54, 1.807) is 0 Å². The second kappa shape index (κ2) is 6.76. The maximum absolute atomic E-state index is 12.7. The first-order valence-electron chi connectivity index (χ1n) is 8.49. The Kier molecular flexibility index (Phi) is 5.13. The fraction of sp³-hybridized carbons (Fsp3) is 0.348. The standard InChI is InChI=1S/C23H28O/c1-15-9-8-10-19(11-15)18(4)22(24)14-21-16(2)12-20(13-17(21)3)23(5,6)7/h8-13H,4,14H2,1-3,5-7H3. The van der Waals surface area contributed by atoms with Gasteiger partial charge in [-0.1, -0.05) is 69.3 Å². The summed E-state index contributed by atoms with van der Waals surface area (Å²) in [6.07, 6.45) is 0.412. The Balaban J connectivity index is 2.28. The van der Waals surface area contributed by atoms with Crippen LogP contribution in [0.5, 0.6) is 0 Å². The molecule has 24 heavy (non-hydrogen) atoms. The molecule has 2 aromatic carbocycles. The summed E-state index contributed by atoms with van der Waals surface area (Å²) in [7, 11) is 0. The van der Waals surface area contributed by atoms with Gasteiger partial charge in [-0.15, -0.1) is 0 Å². The fourth-order valence-corrected chi connectivity index (χ4v) is 2.97. The number of aryl methyl sites for hydroxylation is 3. The largest absolute Gasteiger partial charge is 0.294 e. The molecule has 0 bridgehead atoms. The van der Waals surface area contributed by atoms with E-state index < -0.39 is 0 Å². The summed E-state index contributed by atoms with van der Waals surface area (Å²) in [5.74, 6) is 0.0929. The van der Waals surface area contributed by atoms with Gasteiger partial charge in [-0.2, -0.15) is 0 Å². The number of carbonyl (C=O) groups is 1. The van der Waals surface area contributed by atoms with Crippen molar-refractivity contribution in [1.82, 2.24) is 0 Å². The van der Waals surface area contributed by atoms with E-state index in [2.05, 4.69) is 53.3 Å². The lowest BCUT2D eigenvalue weighted by atomic mass is 9.82. The van der Waals surface area contributed by atoms with Gasteiger partial charge in [0, 0.05) is 12.0 Å². The lowest BCUT2D eigenvalue weighted by Gasteiger charge is -2.22. The fourth-order valence-electron chi connectivity index (χ4n) is 2.97. The summed E-state index contributed by atoms with van der Waals surface area (Å²) in [5.41, 5.74) is 7.58. The zero-order valence-electron chi connectivity index (χ0n) is 15.8. The Hall–Kier alpha value is -2.15. The number of rotatable bonds is 4.